The first kappa shape index (κ1) is 22.0. The van der Waals surface area contributed by atoms with Crippen LogP contribution in [0, 0.1) is 5.92 Å². The van der Waals surface area contributed by atoms with Gasteiger partial charge in [0.05, 0.1) is 13.2 Å². The Balaban J connectivity index is 1.37. The first-order chi connectivity index (χ1) is 14.5. The van der Waals surface area contributed by atoms with E-state index in [2.05, 4.69) is 9.64 Å². The molecule has 1 heterocycles. The molecule has 1 aliphatic heterocycles. The van der Waals surface area contributed by atoms with E-state index < -0.39 is 6.61 Å². The number of nitrogens with zero attached hydrogens (tertiary/aromatic N) is 2. The molecule has 1 amide bonds. The number of piperidine rings is 1. The van der Waals surface area contributed by atoms with Gasteiger partial charge in [-0.3, -0.25) is 9.69 Å². The topological polar surface area (TPSA) is 42.0 Å². The number of para-hydroxylation sites is 1. The van der Waals surface area contributed by atoms with Crippen LogP contribution in [0.25, 0.3) is 0 Å². The summed E-state index contributed by atoms with van der Waals surface area (Å²) in [7, 11) is 1.76. The lowest BCUT2D eigenvalue weighted by molar-refractivity contribution is -0.132. The van der Waals surface area contributed by atoms with Crippen LogP contribution >= 0.6 is 0 Å². The lowest BCUT2D eigenvalue weighted by Crippen LogP contribution is -2.42. The van der Waals surface area contributed by atoms with Crippen molar-refractivity contribution in [3.8, 4) is 11.5 Å². The van der Waals surface area contributed by atoms with E-state index in [0.29, 0.717) is 25.6 Å². The SMILES string of the molecule is CN(Cc1ccc(OC(F)F)cc1)C(=O)CN1CCC(COc2ccccc2)CC1. The summed E-state index contributed by atoms with van der Waals surface area (Å²) in [6, 6.07) is 16.2. The zero-order chi connectivity index (χ0) is 21.3. The molecule has 0 aliphatic carbocycles. The number of hydrogen-bond acceptors (Lipinski definition) is 4. The Bertz CT molecular complexity index is 779. The van der Waals surface area contributed by atoms with E-state index in [9.17, 15) is 13.6 Å². The highest BCUT2D eigenvalue weighted by molar-refractivity contribution is 5.78. The number of halogens is 2. The van der Waals surface area contributed by atoms with Crippen LogP contribution in [0.3, 0.4) is 0 Å². The van der Waals surface area contributed by atoms with E-state index in [1.807, 2.05) is 30.3 Å². The number of likely N-dealkylation sites (tertiary alicyclic amines) is 1. The van der Waals surface area contributed by atoms with Gasteiger partial charge >= 0.3 is 6.61 Å². The van der Waals surface area contributed by atoms with Gasteiger partial charge in [0, 0.05) is 13.6 Å². The van der Waals surface area contributed by atoms with E-state index >= 15 is 0 Å². The Morgan fingerprint density at radius 3 is 2.37 bits per heavy atom. The summed E-state index contributed by atoms with van der Waals surface area (Å²) < 4.78 is 34.6. The number of alkyl halides is 2. The summed E-state index contributed by atoms with van der Waals surface area (Å²) in [5, 5.41) is 0. The lowest BCUT2D eigenvalue weighted by atomic mass is 9.98. The highest BCUT2D eigenvalue weighted by Crippen LogP contribution is 2.20. The van der Waals surface area contributed by atoms with Gasteiger partial charge in [-0.05, 0) is 61.7 Å². The Hall–Kier alpha value is -2.67. The summed E-state index contributed by atoms with van der Waals surface area (Å²) in [5.74, 6) is 1.55. The third-order valence-corrected chi connectivity index (χ3v) is 5.29. The molecule has 0 unspecified atom stereocenters. The molecule has 2 aromatic rings. The molecule has 7 heteroatoms. The average Bonchev–Trinajstić information content (AvgIpc) is 2.75. The van der Waals surface area contributed by atoms with Crippen molar-refractivity contribution in [3.05, 3.63) is 60.2 Å². The van der Waals surface area contributed by atoms with Gasteiger partial charge in [0.15, 0.2) is 0 Å². The third-order valence-electron chi connectivity index (χ3n) is 5.29. The number of benzene rings is 2. The van der Waals surface area contributed by atoms with Crippen LogP contribution in [0.15, 0.2) is 54.6 Å². The predicted molar refractivity (Wildman–Crippen MR) is 111 cm³/mol. The van der Waals surface area contributed by atoms with E-state index in [4.69, 9.17) is 4.74 Å². The Kier molecular flexibility index (Phi) is 8.02. The lowest BCUT2D eigenvalue weighted by Gasteiger charge is -2.32. The van der Waals surface area contributed by atoms with Crippen LogP contribution in [-0.4, -0.2) is 55.6 Å². The molecule has 1 aliphatic rings. The number of carbonyl (C=O) groups is 1. The number of hydrogen-bond donors (Lipinski definition) is 0. The largest absolute Gasteiger partial charge is 0.493 e. The zero-order valence-electron chi connectivity index (χ0n) is 17.2. The Labute approximate surface area is 176 Å². The van der Waals surface area contributed by atoms with Crippen molar-refractivity contribution in [2.45, 2.75) is 26.0 Å². The smallest absolute Gasteiger partial charge is 0.387 e. The summed E-state index contributed by atoms with van der Waals surface area (Å²) >= 11 is 0. The van der Waals surface area contributed by atoms with Gasteiger partial charge in [-0.1, -0.05) is 30.3 Å². The second-order valence-corrected chi connectivity index (χ2v) is 7.62. The predicted octanol–water partition coefficient (Wildman–Crippen LogP) is 4.04. The number of ether oxygens (including phenoxy) is 2. The second-order valence-electron chi connectivity index (χ2n) is 7.62. The molecule has 30 heavy (non-hydrogen) atoms. The van der Waals surface area contributed by atoms with Crippen molar-refractivity contribution < 1.29 is 23.0 Å². The minimum Gasteiger partial charge on any atom is -0.493 e. The Morgan fingerprint density at radius 2 is 1.73 bits per heavy atom. The molecule has 5 nitrogen and oxygen atoms in total. The van der Waals surface area contributed by atoms with Crippen molar-refractivity contribution in [1.82, 2.24) is 9.80 Å². The number of rotatable bonds is 9. The van der Waals surface area contributed by atoms with E-state index in [-0.39, 0.29) is 11.7 Å². The monoisotopic (exact) mass is 418 g/mol. The number of amides is 1. The van der Waals surface area contributed by atoms with Crippen LogP contribution in [0.5, 0.6) is 11.5 Å². The molecule has 0 saturated carbocycles. The van der Waals surface area contributed by atoms with Gasteiger partial charge in [0.1, 0.15) is 11.5 Å². The molecule has 0 atom stereocenters. The molecule has 0 radical (unpaired) electrons. The normalized spacial score (nSPS) is 15.2. The summed E-state index contributed by atoms with van der Waals surface area (Å²) in [5.41, 5.74) is 0.865. The third kappa shape index (κ3) is 6.99. The standard InChI is InChI=1S/C23H28F2N2O3/c1-26(15-18-7-9-21(10-8-18)30-23(24)25)22(28)16-27-13-11-19(12-14-27)17-29-20-5-3-2-4-6-20/h2-10,19,23H,11-17H2,1H3. The molecule has 0 aromatic heterocycles. The highest BCUT2D eigenvalue weighted by atomic mass is 19.3. The molecule has 1 saturated heterocycles. The maximum Gasteiger partial charge on any atom is 0.387 e. The Morgan fingerprint density at radius 1 is 1.07 bits per heavy atom. The molecule has 0 spiro atoms. The minimum atomic E-state index is -2.84. The van der Waals surface area contributed by atoms with Gasteiger partial charge in [-0.15, -0.1) is 0 Å². The quantitative estimate of drug-likeness (QED) is 0.617. The maximum atomic E-state index is 12.6. The molecule has 3 rings (SSSR count). The van der Waals surface area contributed by atoms with Gasteiger partial charge < -0.3 is 14.4 Å². The highest BCUT2D eigenvalue weighted by Gasteiger charge is 2.22. The van der Waals surface area contributed by atoms with Crippen LogP contribution in [0.4, 0.5) is 8.78 Å². The molecule has 0 N–H and O–H groups in total. The first-order valence-electron chi connectivity index (χ1n) is 10.2. The fourth-order valence-electron chi connectivity index (χ4n) is 3.49. The number of likely N-dealkylation sites (N-methyl/N-ethyl adjacent to an activating group) is 1. The van der Waals surface area contributed by atoms with E-state index in [0.717, 1.165) is 37.2 Å². The summed E-state index contributed by atoms with van der Waals surface area (Å²) in [6.45, 7) is 0.431. The van der Waals surface area contributed by atoms with E-state index in [1.165, 1.54) is 12.1 Å². The fraction of sp³-hybridized carbons (Fsp3) is 0.435. The molecule has 0 bridgehead atoms. The fourth-order valence-corrected chi connectivity index (χ4v) is 3.49. The van der Waals surface area contributed by atoms with Crippen molar-refractivity contribution in [2.75, 3.05) is 33.3 Å². The van der Waals surface area contributed by atoms with Gasteiger partial charge in [0.2, 0.25) is 5.91 Å². The molecule has 1 fully saturated rings. The molecule has 2 aromatic carbocycles. The van der Waals surface area contributed by atoms with Crippen LogP contribution < -0.4 is 9.47 Å². The molecule has 162 valence electrons. The van der Waals surface area contributed by atoms with E-state index in [1.54, 1.807) is 24.1 Å². The van der Waals surface area contributed by atoms with Crippen molar-refractivity contribution in [3.63, 3.8) is 0 Å². The van der Waals surface area contributed by atoms with Crippen LogP contribution in [0.1, 0.15) is 18.4 Å². The van der Waals surface area contributed by atoms with Crippen LogP contribution in [0.2, 0.25) is 0 Å². The van der Waals surface area contributed by atoms with Gasteiger partial charge in [-0.25, -0.2) is 0 Å². The molecular formula is C23H28F2N2O3. The number of carbonyl (C=O) groups excluding carboxylic acids is 1. The van der Waals surface area contributed by atoms with Crippen molar-refractivity contribution >= 4 is 5.91 Å². The summed E-state index contributed by atoms with van der Waals surface area (Å²) in [6.07, 6.45) is 2.02. The summed E-state index contributed by atoms with van der Waals surface area (Å²) in [4.78, 5) is 16.4. The first-order valence-corrected chi connectivity index (χ1v) is 10.2. The zero-order valence-corrected chi connectivity index (χ0v) is 17.2. The van der Waals surface area contributed by atoms with Crippen molar-refractivity contribution in [2.24, 2.45) is 5.92 Å². The second kappa shape index (κ2) is 10.9. The maximum absolute atomic E-state index is 12.6. The van der Waals surface area contributed by atoms with Gasteiger partial charge in [-0.2, -0.15) is 8.78 Å². The minimum absolute atomic E-state index is 0.0434. The average molecular weight is 418 g/mol. The van der Waals surface area contributed by atoms with Crippen molar-refractivity contribution in [1.29, 1.82) is 0 Å². The molecular weight excluding hydrogens is 390 g/mol. The van der Waals surface area contributed by atoms with Crippen LogP contribution in [-0.2, 0) is 11.3 Å². The van der Waals surface area contributed by atoms with Gasteiger partial charge in [0.25, 0.3) is 0 Å².